The molecule has 0 saturated carbocycles. The number of hydrogen-bond acceptors (Lipinski definition) is 1. The molecule has 9 rings (SSSR count). The standard InChI is InChI=1S/C38H23NO/c1-2-13-27-25(10-1)21-32(29-15-4-3-14-28(27)29)24-11-9-12-26(20-24)39-35-18-7-5-16-30(35)33-22-34-31-17-6-8-19-37(31)40-38(34)23-36(33)39/h1-23H. The first-order chi connectivity index (χ1) is 19.8. The van der Waals surface area contributed by atoms with E-state index < -0.39 is 0 Å². The number of para-hydroxylation sites is 2. The van der Waals surface area contributed by atoms with Gasteiger partial charge in [-0.25, -0.2) is 0 Å². The molecule has 0 aliphatic carbocycles. The van der Waals surface area contributed by atoms with Crippen LogP contribution in [0.3, 0.4) is 0 Å². The van der Waals surface area contributed by atoms with Crippen LogP contribution in [-0.4, -0.2) is 4.57 Å². The van der Waals surface area contributed by atoms with E-state index in [0.717, 1.165) is 33.1 Å². The Bertz CT molecular complexity index is 2440. The summed E-state index contributed by atoms with van der Waals surface area (Å²) in [4.78, 5) is 0. The normalized spacial score (nSPS) is 12.0. The summed E-state index contributed by atoms with van der Waals surface area (Å²) in [7, 11) is 0. The minimum Gasteiger partial charge on any atom is -0.456 e. The number of benzene rings is 7. The van der Waals surface area contributed by atoms with E-state index in [0.29, 0.717) is 0 Å². The van der Waals surface area contributed by atoms with Gasteiger partial charge in [-0.2, -0.15) is 0 Å². The van der Waals surface area contributed by atoms with Gasteiger partial charge in [-0.15, -0.1) is 0 Å². The maximum Gasteiger partial charge on any atom is 0.137 e. The maximum atomic E-state index is 6.32. The monoisotopic (exact) mass is 509 g/mol. The van der Waals surface area contributed by atoms with Gasteiger partial charge in [-0.1, -0.05) is 97.1 Å². The van der Waals surface area contributed by atoms with Crippen molar-refractivity contribution in [3.05, 3.63) is 140 Å². The van der Waals surface area contributed by atoms with Crippen LogP contribution in [-0.2, 0) is 0 Å². The maximum absolute atomic E-state index is 6.32. The van der Waals surface area contributed by atoms with E-state index in [4.69, 9.17) is 4.42 Å². The highest BCUT2D eigenvalue weighted by molar-refractivity contribution is 6.18. The highest BCUT2D eigenvalue weighted by atomic mass is 16.3. The van der Waals surface area contributed by atoms with Crippen LogP contribution in [0.1, 0.15) is 0 Å². The molecule has 2 nitrogen and oxygen atoms in total. The molecule has 2 heteroatoms. The summed E-state index contributed by atoms with van der Waals surface area (Å²) in [5.41, 5.74) is 7.76. The van der Waals surface area contributed by atoms with Gasteiger partial charge < -0.3 is 8.98 Å². The minimum atomic E-state index is 0.912. The molecule has 0 atom stereocenters. The Kier molecular flexibility index (Phi) is 4.36. The fraction of sp³-hybridized carbons (Fsp3) is 0. The molecule has 0 fully saturated rings. The predicted octanol–water partition coefficient (Wildman–Crippen LogP) is 10.7. The van der Waals surface area contributed by atoms with Gasteiger partial charge in [0.1, 0.15) is 11.2 Å². The average Bonchev–Trinajstić information content (AvgIpc) is 3.54. The first-order valence-corrected chi connectivity index (χ1v) is 13.7. The molecular formula is C38H23NO. The molecule has 0 aliphatic heterocycles. The van der Waals surface area contributed by atoms with Crippen LogP contribution in [0.5, 0.6) is 0 Å². The van der Waals surface area contributed by atoms with Crippen LogP contribution in [0.25, 0.3) is 82.1 Å². The van der Waals surface area contributed by atoms with E-state index in [9.17, 15) is 0 Å². The fourth-order valence-corrected chi connectivity index (χ4v) is 6.57. The Labute approximate surface area is 230 Å². The molecule has 9 aromatic rings. The van der Waals surface area contributed by atoms with Crippen molar-refractivity contribution in [3.63, 3.8) is 0 Å². The summed E-state index contributed by atoms with van der Waals surface area (Å²) in [5, 5.41) is 9.88. The third-order valence-corrected chi connectivity index (χ3v) is 8.35. The van der Waals surface area contributed by atoms with Crippen LogP contribution < -0.4 is 0 Å². The minimum absolute atomic E-state index is 0.912. The Morgan fingerprint density at radius 1 is 0.400 bits per heavy atom. The number of hydrogen-bond donors (Lipinski definition) is 0. The van der Waals surface area contributed by atoms with E-state index in [-0.39, 0.29) is 0 Å². The summed E-state index contributed by atoms with van der Waals surface area (Å²) < 4.78 is 8.70. The van der Waals surface area contributed by atoms with Crippen LogP contribution in [0.2, 0.25) is 0 Å². The summed E-state index contributed by atoms with van der Waals surface area (Å²) in [6.07, 6.45) is 0. The molecule has 2 heterocycles. The van der Waals surface area contributed by atoms with Gasteiger partial charge in [-0.3, -0.25) is 0 Å². The summed E-state index contributed by atoms with van der Waals surface area (Å²) in [5.74, 6) is 0. The average molecular weight is 510 g/mol. The topological polar surface area (TPSA) is 18.1 Å². The van der Waals surface area contributed by atoms with Crippen molar-refractivity contribution in [2.24, 2.45) is 0 Å². The molecule has 0 spiro atoms. The second-order valence-electron chi connectivity index (χ2n) is 10.6. The zero-order valence-electron chi connectivity index (χ0n) is 21.6. The smallest absolute Gasteiger partial charge is 0.137 e. The second-order valence-corrected chi connectivity index (χ2v) is 10.6. The van der Waals surface area contributed by atoms with Gasteiger partial charge >= 0.3 is 0 Å². The Hall–Kier alpha value is -5.34. The van der Waals surface area contributed by atoms with Gasteiger partial charge in [0.25, 0.3) is 0 Å². The number of furan rings is 1. The third kappa shape index (κ3) is 2.99. The molecule has 0 amide bonds. The van der Waals surface area contributed by atoms with Crippen molar-refractivity contribution in [1.29, 1.82) is 0 Å². The molecule has 186 valence electrons. The van der Waals surface area contributed by atoms with Crippen LogP contribution >= 0.6 is 0 Å². The molecule has 7 aromatic carbocycles. The first-order valence-electron chi connectivity index (χ1n) is 13.7. The third-order valence-electron chi connectivity index (χ3n) is 8.35. The molecule has 0 N–H and O–H groups in total. The lowest BCUT2D eigenvalue weighted by atomic mass is 9.93. The molecule has 2 aromatic heterocycles. The van der Waals surface area contributed by atoms with Gasteiger partial charge in [-0.05, 0) is 69.1 Å². The first kappa shape index (κ1) is 21.6. The van der Waals surface area contributed by atoms with Crippen LogP contribution in [0.15, 0.2) is 144 Å². The van der Waals surface area contributed by atoms with Gasteiger partial charge in [0, 0.05) is 33.3 Å². The van der Waals surface area contributed by atoms with E-state index >= 15 is 0 Å². The van der Waals surface area contributed by atoms with E-state index in [1.54, 1.807) is 0 Å². The molecule has 0 radical (unpaired) electrons. The van der Waals surface area contributed by atoms with Gasteiger partial charge in [0.2, 0.25) is 0 Å². The largest absolute Gasteiger partial charge is 0.456 e. The molecule has 0 unspecified atom stereocenters. The van der Waals surface area contributed by atoms with Gasteiger partial charge in [0.15, 0.2) is 0 Å². The van der Waals surface area contributed by atoms with Crippen LogP contribution in [0, 0.1) is 0 Å². The van der Waals surface area contributed by atoms with E-state index in [2.05, 4.69) is 132 Å². The summed E-state index contributed by atoms with van der Waals surface area (Å²) in [6, 6.07) is 50.2. The summed E-state index contributed by atoms with van der Waals surface area (Å²) in [6.45, 7) is 0. The van der Waals surface area contributed by atoms with Crippen molar-refractivity contribution in [3.8, 4) is 16.8 Å². The van der Waals surface area contributed by atoms with Crippen LogP contribution in [0.4, 0.5) is 0 Å². The second kappa shape index (κ2) is 8.08. The van der Waals surface area contributed by atoms with Crippen molar-refractivity contribution in [2.45, 2.75) is 0 Å². The summed E-state index contributed by atoms with van der Waals surface area (Å²) >= 11 is 0. The number of fused-ring (bicyclic) bond motifs is 9. The van der Waals surface area contributed by atoms with E-state index in [1.807, 2.05) is 12.1 Å². The highest BCUT2D eigenvalue weighted by Crippen LogP contribution is 2.40. The van der Waals surface area contributed by atoms with Gasteiger partial charge in [0.05, 0.1) is 11.0 Å². The number of aromatic nitrogens is 1. The molecule has 0 aliphatic rings. The molecular weight excluding hydrogens is 486 g/mol. The SMILES string of the molecule is c1cc(-c2cc3ccccc3c3ccccc23)cc(-n2c3ccccc3c3cc4c(cc32)oc2ccccc24)c1. The lowest BCUT2D eigenvalue weighted by molar-refractivity contribution is 0.669. The lowest BCUT2D eigenvalue weighted by Crippen LogP contribution is -1.94. The Morgan fingerprint density at radius 2 is 1.12 bits per heavy atom. The molecule has 0 saturated heterocycles. The Morgan fingerprint density at radius 3 is 2.02 bits per heavy atom. The zero-order valence-corrected chi connectivity index (χ0v) is 21.6. The van der Waals surface area contributed by atoms with Crippen molar-refractivity contribution in [2.75, 3.05) is 0 Å². The molecule has 0 bridgehead atoms. The lowest BCUT2D eigenvalue weighted by Gasteiger charge is -2.13. The number of nitrogens with zero attached hydrogens (tertiary/aromatic N) is 1. The van der Waals surface area contributed by atoms with E-state index in [1.165, 1.54) is 49.0 Å². The predicted molar refractivity (Wildman–Crippen MR) is 169 cm³/mol. The van der Waals surface area contributed by atoms with Crippen molar-refractivity contribution < 1.29 is 4.42 Å². The quantitative estimate of drug-likeness (QED) is 0.212. The molecule has 40 heavy (non-hydrogen) atoms. The number of rotatable bonds is 2. The van der Waals surface area contributed by atoms with Crippen molar-refractivity contribution >= 4 is 65.3 Å². The fourth-order valence-electron chi connectivity index (χ4n) is 6.57. The van der Waals surface area contributed by atoms with Crippen molar-refractivity contribution in [1.82, 2.24) is 4.57 Å². The Balaban J connectivity index is 1.34. The zero-order chi connectivity index (χ0) is 26.2. The highest BCUT2D eigenvalue weighted by Gasteiger charge is 2.17.